The van der Waals surface area contributed by atoms with Crippen molar-refractivity contribution in [1.82, 2.24) is 9.88 Å². The van der Waals surface area contributed by atoms with E-state index < -0.39 is 0 Å². The van der Waals surface area contributed by atoms with Gasteiger partial charge in [0.2, 0.25) is 5.88 Å². The number of rotatable bonds is 22. The summed E-state index contributed by atoms with van der Waals surface area (Å²) in [6, 6.07) is 18.5. The van der Waals surface area contributed by atoms with Crippen molar-refractivity contribution in [1.29, 1.82) is 0 Å². The van der Waals surface area contributed by atoms with Crippen LogP contribution < -0.4 is 14.4 Å². The van der Waals surface area contributed by atoms with Crippen LogP contribution in [0.4, 0.5) is 5.69 Å². The van der Waals surface area contributed by atoms with Crippen molar-refractivity contribution in [2.24, 2.45) is 0 Å². The molecule has 280 valence electrons. The van der Waals surface area contributed by atoms with Crippen molar-refractivity contribution in [3.8, 4) is 11.6 Å². The second-order valence-corrected chi connectivity index (χ2v) is 14.4. The topological polar surface area (TPSA) is 54.9 Å². The number of carbonyl (C=O) groups is 1. The van der Waals surface area contributed by atoms with Gasteiger partial charge in [-0.15, -0.1) is 11.3 Å². The highest BCUT2D eigenvalue weighted by Gasteiger charge is 2.18. The maximum absolute atomic E-state index is 12.5. The Labute approximate surface area is 321 Å². The summed E-state index contributed by atoms with van der Waals surface area (Å²) in [7, 11) is 0. The molecule has 0 amide bonds. The molecule has 0 N–H and O–H groups in total. The van der Waals surface area contributed by atoms with Gasteiger partial charge in [0.25, 0.3) is 0 Å². The molecule has 7 heteroatoms. The zero-order valence-corrected chi connectivity index (χ0v) is 32.4. The number of pyridine rings is 1. The van der Waals surface area contributed by atoms with Gasteiger partial charge in [0.05, 0.1) is 12.1 Å². The Hall–Kier alpha value is -4.46. The summed E-state index contributed by atoms with van der Waals surface area (Å²) in [4.78, 5) is 22.2. The van der Waals surface area contributed by atoms with E-state index in [9.17, 15) is 4.79 Å². The van der Waals surface area contributed by atoms with E-state index in [-0.39, 0.29) is 5.97 Å². The van der Waals surface area contributed by atoms with Gasteiger partial charge in [-0.2, -0.15) is 0 Å². The number of aromatic nitrogens is 1. The highest BCUT2D eigenvalue weighted by Crippen LogP contribution is 2.31. The number of piperazine rings is 1. The van der Waals surface area contributed by atoms with Crippen LogP contribution in [0.25, 0.3) is 21.0 Å². The first-order valence-electron chi connectivity index (χ1n) is 19.6. The van der Waals surface area contributed by atoms with E-state index in [0.29, 0.717) is 18.9 Å². The molecular formula is C46H57N3O3S. The summed E-state index contributed by atoms with van der Waals surface area (Å²) >= 11 is 1.82. The summed E-state index contributed by atoms with van der Waals surface area (Å²) in [6.45, 7) is 8.28. The van der Waals surface area contributed by atoms with Crippen LogP contribution in [0, 0.1) is 0 Å². The molecule has 0 unspecified atom stereocenters. The molecule has 6 nitrogen and oxygen atoms in total. The van der Waals surface area contributed by atoms with E-state index in [2.05, 4.69) is 112 Å². The van der Waals surface area contributed by atoms with E-state index in [1.54, 1.807) is 6.07 Å². The van der Waals surface area contributed by atoms with Gasteiger partial charge < -0.3 is 14.4 Å². The number of fused-ring (bicyclic) bond motifs is 2. The molecule has 4 aromatic rings. The maximum atomic E-state index is 12.5. The molecule has 0 saturated carbocycles. The Morgan fingerprint density at radius 2 is 1.47 bits per heavy atom. The lowest BCUT2D eigenvalue weighted by Gasteiger charge is -2.36. The molecular weight excluding hydrogens is 675 g/mol. The molecule has 0 atom stereocenters. The van der Waals surface area contributed by atoms with E-state index in [1.807, 2.05) is 35.6 Å². The summed E-state index contributed by atoms with van der Waals surface area (Å²) in [6.07, 6.45) is 32.3. The molecule has 3 heterocycles. The average molecular weight is 732 g/mol. The van der Waals surface area contributed by atoms with Crippen LogP contribution in [-0.4, -0.2) is 55.2 Å². The molecule has 1 aliphatic heterocycles. The fraction of sp³-hybridized carbons (Fsp3) is 0.391. The minimum atomic E-state index is -0.256. The molecule has 53 heavy (non-hydrogen) atoms. The highest BCUT2D eigenvalue weighted by molar-refractivity contribution is 7.17. The predicted octanol–water partition coefficient (Wildman–Crippen LogP) is 11.6. The van der Waals surface area contributed by atoms with Crippen LogP contribution in [-0.2, 0) is 4.79 Å². The lowest BCUT2D eigenvalue weighted by atomic mass is 10.2. The molecule has 0 aliphatic carbocycles. The van der Waals surface area contributed by atoms with Crippen LogP contribution in [0.5, 0.6) is 11.6 Å². The van der Waals surface area contributed by atoms with Crippen molar-refractivity contribution in [3.05, 3.63) is 121 Å². The number of unbranched alkanes of at least 4 members (excludes halogenated alkanes) is 3. The van der Waals surface area contributed by atoms with Gasteiger partial charge >= 0.3 is 5.97 Å². The Morgan fingerprint density at radius 3 is 2.21 bits per heavy atom. The van der Waals surface area contributed by atoms with Gasteiger partial charge in [-0.3, -0.25) is 9.69 Å². The standard InChI is InChI=1S/C46H57N3O3S/c1-2-3-4-5-6-7-8-9-10-11-12-13-14-15-16-17-18-19-25-46(50)52-45-29-27-39-26-28-40(38-42(39)47-45)51-36-21-20-31-48-32-34-49(35-33-48)43-23-22-24-44-41(43)30-37-53-44/h4-5,7-8,10-11,13-14,16-17,22-24,26-30,37-38H,2-3,6,9,12,15,18-21,25,31-36H2,1H3/b5-4-,8-7-,11-10-,14-13-,17-16-. The maximum Gasteiger partial charge on any atom is 0.312 e. The van der Waals surface area contributed by atoms with Gasteiger partial charge in [-0.1, -0.05) is 80.2 Å². The molecule has 0 radical (unpaired) electrons. The number of carbonyl (C=O) groups excluding carboxylic acids is 1. The Balaban J connectivity index is 0.908. The molecule has 2 aromatic carbocycles. The van der Waals surface area contributed by atoms with Crippen LogP contribution in [0.1, 0.15) is 77.6 Å². The quantitative estimate of drug-likeness (QED) is 0.0456. The smallest absolute Gasteiger partial charge is 0.312 e. The van der Waals surface area contributed by atoms with Crippen molar-refractivity contribution in [2.45, 2.75) is 77.6 Å². The Morgan fingerprint density at radius 1 is 0.774 bits per heavy atom. The third-order valence-corrected chi connectivity index (χ3v) is 10.2. The van der Waals surface area contributed by atoms with Crippen LogP contribution in [0.3, 0.4) is 0 Å². The molecule has 1 fully saturated rings. The number of hydrogen-bond acceptors (Lipinski definition) is 7. The predicted molar refractivity (Wildman–Crippen MR) is 226 cm³/mol. The van der Waals surface area contributed by atoms with Gasteiger partial charge in [-0.25, -0.2) is 4.98 Å². The van der Waals surface area contributed by atoms with Crippen molar-refractivity contribution in [3.63, 3.8) is 0 Å². The summed E-state index contributed by atoms with van der Waals surface area (Å²) in [5.74, 6) is 0.863. The second kappa shape index (κ2) is 23.3. The third-order valence-electron chi connectivity index (χ3n) is 9.31. The van der Waals surface area contributed by atoms with E-state index in [0.717, 1.165) is 101 Å². The van der Waals surface area contributed by atoms with Gasteiger partial charge in [0.15, 0.2) is 0 Å². The number of thiophene rings is 1. The van der Waals surface area contributed by atoms with Crippen LogP contribution in [0.2, 0.25) is 0 Å². The van der Waals surface area contributed by atoms with E-state index in [1.165, 1.54) is 28.6 Å². The number of anilines is 1. The van der Waals surface area contributed by atoms with Crippen molar-refractivity contribution in [2.75, 3.05) is 44.2 Å². The molecule has 0 bridgehead atoms. The molecule has 1 saturated heterocycles. The fourth-order valence-electron chi connectivity index (χ4n) is 6.34. The first-order valence-corrected chi connectivity index (χ1v) is 20.5. The normalized spacial score (nSPS) is 14.4. The van der Waals surface area contributed by atoms with Gasteiger partial charge in [0.1, 0.15) is 5.75 Å². The molecule has 2 aromatic heterocycles. The number of benzene rings is 2. The second-order valence-electron chi connectivity index (χ2n) is 13.5. The highest BCUT2D eigenvalue weighted by atomic mass is 32.1. The van der Waals surface area contributed by atoms with Gasteiger partial charge in [-0.05, 0) is 106 Å². The summed E-state index contributed by atoms with van der Waals surface area (Å²) < 4.78 is 13.0. The first-order chi connectivity index (χ1) is 26.2. The minimum absolute atomic E-state index is 0.256. The third kappa shape index (κ3) is 14.1. The Bertz CT molecular complexity index is 1830. The lowest BCUT2D eigenvalue weighted by Crippen LogP contribution is -2.46. The largest absolute Gasteiger partial charge is 0.494 e. The average Bonchev–Trinajstić information content (AvgIpc) is 3.67. The lowest BCUT2D eigenvalue weighted by molar-refractivity contribution is -0.134. The zero-order chi connectivity index (χ0) is 36.8. The fourth-order valence-corrected chi connectivity index (χ4v) is 7.14. The SMILES string of the molecule is CCC/C=C\C/C=C\C/C=C\C/C=C\C/C=C\CCCC(=O)Oc1ccc2ccc(OCCCCN3CCN(c4cccc5sccc45)CC3)cc2n1. The molecule has 5 rings (SSSR count). The van der Waals surface area contributed by atoms with E-state index in [4.69, 9.17) is 9.47 Å². The monoisotopic (exact) mass is 731 g/mol. The molecule has 1 aliphatic rings. The van der Waals surface area contributed by atoms with Crippen LogP contribution in [0.15, 0.2) is 121 Å². The number of esters is 1. The first kappa shape index (κ1) is 39.7. The minimum Gasteiger partial charge on any atom is -0.494 e. The summed E-state index contributed by atoms with van der Waals surface area (Å²) in [5.41, 5.74) is 2.13. The summed E-state index contributed by atoms with van der Waals surface area (Å²) in [5, 5.41) is 4.55. The number of nitrogens with zero attached hydrogens (tertiary/aromatic N) is 3. The number of ether oxygens (including phenoxy) is 2. The number of hydrogen-bond donors (Lipinski definition) is 0. The van der Waals surface area contributed by atoms with Crippen LogP contribution >= 0.6 is 11.3 Å². The Kier molecular flexibility index (Phi) is 17.4. The zero-order valence-electron chi connectivity index (χ0n) is 31.5. The molecule has 0 spiro atoms. The van der Waals surface area contributed by atoms with Crippen molar-refractivity contribution >= 4 is 44.0 Å². The van der Waals surface area contributed by atoms with E-state index >= 15 is 0 Å². The van der Waals surface area contributed by atoms with Gasteiger partial charge in [0, 0.05) is 65.9 Å². The number of allylic oxidation sites excluding steroid dienone is 10. The van der Waals surface area contributed by atoms with Crippen molar-refractivity contribution < 1.29 is 14.3 Å².